The molecule has 0 bridgehead atoms. The van der Waals surface area contributed by atoms with Crippen LogP contribution in [0, 0.1) is 0 Å². The van der Waals surface area contributed by atoms with Gasteiger partial charge in [0.1, 0.15) is 6.04 Å². The van der Waals surface area contributed by atoms with Crippen LogP contribution in [0.5, 0.6) is 0 Å². The van der Waals surface area contributed by atoms with Crippen LogP contribution in [0.4, 0.5) is 13.2 Å². The molecule has 2 aromatic rings. The summed E-state index contributed by atoms with van der Waals surface area (Å²) in [6, 6.07) is 9.45. The molecule has 1 N–H and O–H groups in total. The van der Waals surface area contributed by atoms with E-state index in [4.69, 9.17) is 11.6 Å². The third-order valence-corrected chi connectivity index (χ3v) is 3.90. The van der Waals surface area contributed by atoms with Gasteiger partial charge in [0.25, 0.3) is 5.91 Å². The Morgan fingerprint density at radius 3 is 2.31 bits per heavy atom. The predicted molar refractivity (Wildman–Crippen MR) is 89.9 cm³/mol. The van der Waals surface area contributed by atoms with Crippen LogP contribution in [0.15, 0.2) is 48.5 Å². The number of ether oxygens (including phenoxy) is 1. The zero-order valence-corrected chi connectivity index (χ0v) is 14.4. The first-order valence-electron chi connectivity index (χ1n) is 7.51. The largest absolute Gasteiger partial charge is 0.467 e. The number of carbonyl (C=O) groups excluding carboxylic acids is 2. The van der Waals surface area contributed by atoms with E-state index in [0.717, 1.165) is 13.2 Å². The monoisotopic (exact) mass is 385 g/mol. The molecule has 138 valence electrons. The number of halogens is 4. The molecule has 0 aliphatic heterocycles. The molecule has 0 saturated carbocycles. The van der Waals surface area contributed by atoms with Crippen LogP contribution in [0.1, 0.15) is 21.5 Å². The topological polar surface area (TPSA) is 55.4 Å². The highest BCUT2D eigenvalue weighted by Gasteiger charge is 2.34. The van der Waals surface area contributed by atoms with E-state index in [1.807, 2.05) is 0 Å². The third kappa shape index (κ3) is 4.98. The van der Waals surface area contributed by atoms with Crippen LogP contribution >= 0.6 is 11.6 Å². The van der Waals surface area contributed by atoms with Crippen molar-refractivity contribution in [2.45, 2.75) is 18.6 Å². The highest BCUT2D eigenvalue weighted by atomic mass is 35.5. The summed E-state index contributed by atoms with van der Waals surface area (Å²) in [4.78, 5) is 24.2. The van der Waals surface area contributed by atoms with Crippen LogP contribution in [-0.2, 0) is 22.1 Å². The average molecular weight is 386 g/mol. The lowest BCUT2D eigenvalue weighted by Gasteiger charge is -2.19. The summed E-state index contributed by atoms with van der Waals surface area (Å²) in [5.41, 5.74) is -0.770. The molecule has 0 fully saturated rings. The minimum absolute atomic E-state index is 0.119. The lowest BCUT2D eigenvalue weighted by Crippen LogP contribution is -2.43. The van der Waals surface area contributed by atoms with Gasteiger partial charge in [-0.05, 0) is 35.9 Å². The van der Waals surface area contributed by atoms with E-state index >= 15 is 0 Å². The first-order valence-corrected chi connectivity index (χ1v) is 7.89. The molecular formula is C18H15ClF3NO3. The minimum atomic E-state index is -4.57. The van der Waals surface area contributed by atoms with Crippen LogP contribution in [0.3, 0.4) is 0 Å². The number of rotatable bonds is 5. The molecule has 4 nitrogen and oxygen atoms in total. The van der Waals surface area contributed by atoms with Crippen LogP contribution in [0.2, 0.25) is 5.02 Å². The Labute approximate surface area is 152 Å². The number of carbonyl (C=O) groups is 2. The minimum Gasteiger partial charge on any atom is -0.467 e. The van der Waals surface area contributed by atoms with Gasteiger partial charge in [-0.2, -0.15) is 13.2 Å². The maximum absolute atomic E-state index is 13.1. The standard InChI is InChI=1S/C18H15ClF3NO3/c1-26-17(25)15(23-16(24)11-6-8-13(19)9-7-11)10-12-4-2-3-5-14(12)18(20,21)22/h2-9,15H,10H2,1H3,(H,23,24)/t15-/m0/s1. The number of amides is 1. The molecule has 2 aromatic carbocycles. The van der Waals surface area contributed by atoms with Gasteiger partial charge >= 0.3 is 12.1 Å². The van der Waals surface area contributed by atoms with Gasteiger partial charge in [-0.15, -0.1) is 0 Å². The molecule has 2 rings (SSSR count). The third-order valence-electron chi connectivity index (χ3n) is 3.64. The normalized spacial score (nSPS) is 12.3. The van der Waals surface area contributed by atoms with Gasteiger partial charge in [0.2, 0.25) is 0 Å². The van der Waals surface area contributed by atoms with Gasteiger partial charge in [-0.3, -0.25) is 4.79 Å². The first kappa shape index (κ1) is 19.8. The maximum Gasteiger partial charge on any atom is 0.416 e. The number of hydrogen-bond acceptors (Lipinski definition) is 3. The lowest BCUT2D eigenvalue weighted by molar-refractivity contribution is -0.144. The Morgan fingerprint density at radius 1 is 1.12 bits per heavy atom. The molecule has 0 aliphatic rings. The maximum atomic E-state index is 13.1. The average Bonchev–Trinajstić information content (AvgIpc) is 2.60. The van der Waals surface area contributed by atoms with E-state index in [2.05, 4.69) is 10.1 Å². The number of hydrogen-bond donors (Lipinski definition) is 1. The van der Waals surface area contributed by atoms with Crippen LogP contribution in [-0.4, -0.2) is 25.0 Å². The second-order valence-corrected chi connectivity index (χ2v) is 5.85. The van der Waals surface area contributed by atoms with E-state index in [-0.39, 0.29) is 17.5 Å². The molecule has 0 unspecified atom stereocenters. The molecule has 0 spiro atoms. The second-order valence-electron chi connectivity index (χ2n) is 5.42. The van der Waals surface area contributed by atoms with Crippen LogP contribution < -0.4 is 5.32 Å². The zero-order valence-electron chi connectivity index (χ0n) is 13.6. The van der Waals surface area contributed by atoms with Gasteiger partial charge in [0.05, 0.1) is 12.7 Å². The number of esters is 1. The smallest absolute Gasteiger partial charge is 0.416 e. The molecule has 0 radical (unpaired) electrons. The van der Waals surface area contributed by atoms with E-state index in [9.17, 15) is 22.8 Å². The van der Waals surface area contributed by atoms with E-state index < -0.39 is 29.7 Å². The van der Waals surface area contributed by atoms with Crippen molar-refractivity contribution < 1.29 is 27.5 Å². The van der Waals surface area contributed by atoms with Crippen molar-refractivity contribution in [2.24, 2.45) is 0 Å². The Morgan fingerprint density at radius 2 is 1.73 bits per heavy atom. The van der Waals surface area contributed by atoms with Crippen molar-refractivity contribution >= 4 is 23.5 Å². The van der Waals surface area contributed by atoms with Crippen molar-refractivity contribution in [3.8, 4) is 0 Å². The van der Waals surface area contributed by atoms with Gasteiger partial charge in [-0.25, -0.2) is 4.79 Å². The summed E-state index contributed by atoms with van der Waals surface area (Å²) in [5, 5.41) is 2.83. The second kappa shape index (κ2) is 8.23. The van der Waals surface area contributed by atoms with Gasteiger partial charge in [0, 0.05) is 17.0 Å². The summed E-state index contributed by atoms with van der Waals surface area (Å²) in [6.07, 6.45) is -4.93. The fourth-order valence-corrected chi connectivity index (χ4v) is 2.50. The molecule has 1 atom stereocenters. The number of methoxy groups -OCH3 is 1. The number of nitrogens with one attached hydrogen (secondary N) is 1. The van der Waals surface area contributed by atoms with Crippen molar-refractivity contribution in [1.82, 2.24) is 5.32 Å². The summed E-state index contributed by atoms with van der Waals surface area (Å²) in [6.45, 7) is 0. The molecule has 1 amide bonds. The molecule has 0 heterocycles. The van der Waals surface area contributed by atoms with Crippen molar-refractivity contribution in [3.63, 3.8) is 0 Å². The molecule has 0 aliphatic carbocycles. The van der Waals surface area contributed by atoms with Gasteiger partial charge in [-0.1, -0.05) is 29.8 Å². The molecular weight excluding hydrogens is 371 g/mol. The van der Waals surface area contributed by atoms with E-state index in [1.165, 1.54) is 42.5 Å². The zero-order chi connectivity index (χ0) is 19.3. The lowest BCUT2D eigenvalue weighted by atomic mass is 9.99. The summed E-state index contributed by atoms with van der Waals surface area (Å²) < 4.78 is 44.0. The SMILES string of the molecule is COC(=O)[C@H](Cc1ccccc1C(F)(F)F)NC(=O)c1ccc(Cl)cc1. The molecule has 0 saturated heterocycles. The van der Waals surface area contributed by atoms with Crippen LogP contribution in [0.25, 0.3) is 0 Å². The molecule has 8 heteroatoms. The molecule has 0 aromatic heterocycles. The molecule has 26 heavy (non-hydrogen) atoms. The predicted octanol–water partition coefficient (Wildman–Crippen LogP) is 3.87. The summed E-state index contributed by atoms with van der Waals surface area (Å²) in [7, 11) is 1.10. The number of benzene rings is 2. The van der Waals surface area contributed by atoms with E-state index in [0.29, 0.717) is 5.02 Å². The highest BCUT2D eigenvalue weighted by Crippen LogP contribution is 2.32. The Balaban J connectivity index is 2.25. The van der Waals surface area contributed by atoms with E-state index in [1.54, 1.807) is 0 Å². The summed E-state index contributed by atoms with van der Waals surface area (Å²) >= 11 is 5.75. The highest BCUT2D eigenvalue weighted by molar-refractivity contribution is 6.30. The van der Waals surface area contributed by atoms with Gasteiger partial charge in [0.15, 0.2) is 0 Å². The first-order chi connectivity index (χ1) is 12.2. The Kier molecular flexibility index (Phi) is 6.26. The quantitative estimate of drug-likeness (QED) is 0.795. The van der Waals surface area contributed by atoms with Crippen molar-refractivity contribution in [1.29, 1.82) is 0 Å². The summed E-state index contributed by atoms with van der Waals surface area (Å²) in [5.74, 6) is -1.47. The Bertz CT molecular complexity index is 791. The fraction of sp³-hybridized carbons (Fsp3) is 0.222. The van der Waals surface area contributed by atoms with Gasteiger partial charge < -0.3 is 10.1 Å². The number of alkyl halides is 3. The van der Waals surface area contributed by atoms with Crippen molar-refractivity contribution in [2.75, 3.05) is 7.11 Å². The fourth-order valence-electron chi connectivity index (χ4n) is 2.37. The van der Waals surface area contributed by atoms with Crippen molar-refractivity contribution in [3.05, 3.63) is 70.2 Å². The Hall–Kier alpha value is -2.54.